The minimum atomic E-state index is 0. The fraction of sp³-hybridized carbons (Fsp3) is 0.500. The molecule has 2 fully saturated rings. The molecule has 0 saturated heterocycles. The van der Waals surface area contributed by atoms with Gasteiger partial charge in [-0.25, -0.2) is 9.56 Å². The zero-order valence-electron chi connectivity index (χ0n) is 22.0. The summed E-state index contributed by atoms with van der Waals surface area (Å²) in [5, 5.41) is 1.21. The Bertz CT molecular complexity index is 950. The smallest absolute Gasteiger partial charge is 1.00 e. The van der Waals surface area contributed by atoms with Gasteiger partial charge in [0, 0.05) is 31.9 Å². The molecule has 4 aliphatic rings. The van der Waals surface area contributed by atoms with Crippen molar-refractivity contribution in [1.29, 1.82) is 0 Å². The van der Waals surface area contributed by atoms with E-state index in [1.54, 1.807) is 11.3 Å². The SMILES string of the molecule is C1CCCC1.C1CCCC1.CN(C)c1ccc2nc3ccc(=[N+](C)C)cc-3sc2c1.[CH3-].[CH3-].[Cl-].[Fe+2]. The van der Waals surface area contributed by atoms with Crippen LogP contribution < -0.4 is 27.2 Å². The molecule has 1 heterocycles. The average molecular weight is 546 g/mol. The maximum atomic E-state index is 4.75. The molecule has 0 amide bonds. The Labute approximate surface area is 229 Å². The number of nitrogens with zero attached hydrogens (tertiary/aromatic N) is 3. The van der Waals surface area contributed by atoms with E-state index >= 15 is 0 Å². The molecule has 0 N–H and O–H groups in total. The number of rotatable bonds is 1. The second-order valence-corrected chi connectivity index (χ2v) is 9.93. The summed E-state index contributed by atoms with van der Waals surface area (Å²) in [4.78, 5) is 8.09. The van der Waals surface area contributed by atoms with Gasteiger partial charge >= 0.3 is 17.1 Å². The predicted molar refractivity (Wildman–Crippen MR) is 147 cm³/mol. The topological polar surface area (TPSA) is 19.1 Å². The number of benzene rings is 2. The summed E-state index contributed by atoms with van der Waals surface area (Å²) in [5.41, 5.74) is 3.33. The molecule has 2 saturated carbocycles. The molecular weight excluding hydrogens is 502 g/mol. The molecule has 6 heteroatoms. The van der Waals surface area contributed by atoms with E-state index in [1.807, 2.05) is 0 Å². The van der Waals surface area contributed by atoms with Gasteiger partial charge in [0.25, 0.3) is 0 Å². The molecule has 1 aromatic carbocycles. The average Bonchev–Trinajstić information content (AvgIpc) is 3.50. The molecule has 0 atom stereocenters. The van der Waals surface area contributed by atoms with E-state index in [9.17, 15) is 0 Å². The fourth-order valence-corrected chi connectivity index (χ4v) is 4.96. The van der Waals surface area contributed by atoms with Gasteiger partial charge in [-0.15, -0.1) is 11.3 Å². The Hall–Kier alpha value is -1.13. The largest absolute Gasteiger partial charge is 2.00 e. The van der Waals surface area contributed by atoms with Crippen molar-refractivity contribution in [2.24, 2.45) is 0 Å². The molecule has 0 bridgehead atoms. The number of anilines is 1. The van der Waals surface area contributed by atoms with E-state index < -0.39 is 0 Å². The van der Waals surface area contributed by atoms with Crippen molar-refractivity contribution in [3.8, 4) is 10.6 Å². The van der Waals surface area contributed by atoms with Gasteiger partial charge in [0.15, 0.2) is 0 Å². The van der Waals surface area contributed by atoms with E-state index in [2.05, 4.69) is 74.1 Å². The van der Waals surface area contributed by atoms with E-state index in [1.165, 1.54) is 84.8 Å². The molecule has 192 valence electrons. The number of hydrogen-bond acceptors (Lipinski definition) is 3. The van der Waals surface area contributed by atoms with Crippen LogP contribution in [0.5, 0.6) is 0 Å². The second-order valence-electron chi connectivity index (χ2n) is 8.84. The summed E-state index contributed by atoms with van der Waals surface area (Å²) in [6.45, 7) is 0. The number of hydrogen-bond donors (Lipinski definition) is 0. The third-order valence-corrected chi connectivity index (χ3v) is 6.97. The van der Waals surface area contributed by atoms with Gasteiger partial charge in [0.1, 0.15) is 14.1 Å². The Morgan fingerprint density at radius 2 is 1.26 bits per heavy atom. The molecule has 1 aliphatic heterocycles. The molecule has 0 radical (unpaired) electrons. The van der Waals surface area contributed by atoms with Crippen LogP contribution in [0.25, 0.3) is 20.8 Å². The predicted octanol–water partition coefficient (Wildman–Crippen LogP) is 4.30. The quantitative estimate of drug-likeness (QED) is 0.197. The van der Waals surface area contributed by atoms with Crippen molar-refractivity contribution in [3.05, 3.63) is 56.6 Å². The summed E-state index contributed by atoms with van der Waals surface area (Å²) in [7, 11) is 8.24. The van der Waals surface area contributed by atoms with E-state index in [4.69, 9.17) is 4.98 Å². The van der Waals surface area contributed by atoms with E-state index in [0.717, 1.165) is 11.2 Å². The first-order valence-corrected chi connectivity index (χ1v) is 12.4. The van der Waals surface area contributed by atoms with Crippen LogP contribution in [-0.2, 0) is 17.1 Å². The van der Waals surface area contributed by atoms with Crippen LogP contribution in [0.2, 0.25) is 0 Å². The van der Waals surface area contributed by atoms with Crippen LogP contribution in [0.3, 0.4) is 0 Å². The van der Waals surface area contributed by atoms with Crippen LogP contribution in [-0.4, -0.2) is 33.2 Å². The maximum absolute atomic E-state index is 4.75. The molecular formula is C28H44ClFeN3S. The van der Waals surface area contributed by atoms with E-state index in [0.29, 0.717) is 0 Å². The molecule has 5 rings (SSSR count). The first kappa shape index (κ1) is 35.0. The summed E-state index contributed by atoms with van der Waals surface area (Å²) in [6, 6.07) is 12.8. The van der Waals surface area contributed by atoms with Crippen LogP contribution in [0.4, 0.5) is 5.69 Å². The third kappa shape index (κ3) is 10.6. The molecule has 34 heavy (non-hydrogen) atoms. The molecule has 3 aliphatic carbocycles. The molecule has 0 unspecified atom stereocenters. The van der Waals surface area contributed by atoms with Gasteiger partial charge in [-0.05, 0) is 24.3 Å². The Morgan fingerprint density at radius 3 is 1.71 bits per heavy atom. The first-order chi connectivity index (χ1) is 14.5. The molecule has 1 aromatic rings. The van der Waals surface area contributed by atoms with Gasteiger partial charge in [-0.2, -0.15) is 0 Å². The normalized spacial score (nSPS) is 13.5. The summed E-state index contributed by atoms with van der Waals surface area (Å²) < 4.78 is 3.34. The summed E-state index contributed by atoms with van der Waals surface area (Å²) >= 11 is 1.80. The third-order valence-electron chi connectivity index (χ3n) is 5.88. The Kier molecular flexibility index (Phi) is 18.7. The summed E-state index contributed by atoms with van der Waals surface area (Å²) in [5.74, 6) is 0. The number of halogens is 1. The van der Waals surface area contributed by atoms with Crippen LogP contribution in [0.1, 0.15) is 64.2 Å². The van der Waals surface area contributed by atoms with Crippen LogP contribution in [0, 0.1) is 14.9 Å². The van der Waals surface area contributed by atoms with Crippen molar-refractivity contribution in [2.75, 3.05) is 33.1 Å². The molecule has 0 spiro atoms. The minimum Gasteiger partial charge on any atom is -1.00 e. The van der Waals surface area contributed by atoms with Gasteiger partial charge in [0.05, 0.1) is 20.8 Å². The number of fused-ring (bicyclic) bond motifs is 2. The van der Waals surface area contributed by atoms with Crippen molar-refractivity contribution < 1.29 is 29.5 Å². The first-order valence-electron chi connectivity index (χ1n) is 11.6. The van der Waals surface area contributed by atoms with Crippen molar-refractivity contribution >= 4 is 27.2 Å². The molecule has 3 nitrogen and oxygen atoms in total. The van der Waals surface area contributed by atoms with Gasteiger partial charge in [0.2, 0.25) is 5.36 Å². The Balaban J connectivity index is 0. The fourth-order valence-electron chi connectivity index (χ4n) is 3.93. The van der Waals surface area contributed by atoms with Gasteiger partial charge in [-0.3, -0.25) is 0 Å². The van der Waals surface area contributed by atoms with Gasteiger partial charge < -0.3 is 32.2 Å². The zero-order valence-corrected chi connectivity index (χ0v) is 24.7. The zero-order chi connectivity index (χ0) is 21.3. The standard InChI is InChI=1S/C16H18N3S.2C5H10.2CH3.ClH.Fe/c1-18(2)11-5-7-13-15(9-11)20-16-10-12(19(3)4)6-8-14(16)17-13;2*1-2-4-5-3-1;;;;/h5-10H,1-4H3;2*1-5H2;2*1H3;1H;/q+1;;;2*-1;;+2/p-1. The summed E-state index contributed by atoms with van der Waals surface area (Å²) in [6.07, 6.45) is 15.0. The second kappa shape index (κ2) is 18.2. The Morgan fingerprint density at radius 1 is 0.765 bits per heavy atom. The number of aromatic nitrogens is 1. The van der Waals surface area contributed by atoms with Crippen molar-refractivity contribution in [1.82, 2.24) is 9.56 Å². The maximum Gasteiger partial charge on any atom is 2.00 e. The molecule has 0 aromatic heterocycles. The van der Waals surface area contributed by atoms with Crippen LogP contribution >= 0.6 is 11.3 Å². The van der Waals surface area contributed by atoms with E-state index in [-0.39, 0.29) is 44.3 Å². The monoisotopic (exact) mass is 545 g/mol. The minimum absolute atomic E-state index is 0. The van der Waals surface area contributed by atoms with Crippen molar-refractivity contribution in [2.45, 2.75) is 64.2 Å². The van der Waals surface area contributed by atoms with Gasteiger partial charge in [-0.1, -0.05) is 64.2 Å². The van der Waals surface area contributed by atoms with Crippen molar-refractivity contribution in [3.63, 3.8) is 0 Å². The van der Waals surface area contributed by atoms with Crippen LogP contribution in [0.15, 0.2) is 36.4 Å².